The number of amides is 1. The van der Waals surface area contributed by atoms with Gasteiger partial charge in [0, 0.05) is 30.6 Å². The van der Waals surface area contributed by atoms with E-state index in [1.54, 1.807) is 30.6 Å². The molecule has 2 aromatic heterocycles. The van der Waals surface area contributed by atoms with Crippen LogP contribution in [0.15, 0.2) is 65.7 Å². The highest BCUT2D eigenvalue weighted by atomic mass is 19.4. The van der Waals surface area contributed by atoms with Gasteiger partial charge in [0.2, 0.25) is 5.91 Å². The summed E-state index contributed by atoms with van der Waals surface area (Å²) in [6, 6.07) is 11.4. The summed E-state index contributed by atoms with van der Waals surface area (Å²) in [5.41, 5.74) is 1.31. The van der Waals surface area contributed by atoms with Crippen molar-refractivity contribution in [3.05, 3.63) is 76.8 Å². The van der Waals surface area contributed by atoms with E-state index in [9.17, 15) is 22.8 Å². The summed E-state index contributed by atoms with van der Waals surface area (Å²) in [6.45, 7) is -0.232. The predicted octanol–water partition coefficient (Wildman–Crippen LogP) is 2.52. The van der Waals surface area contributed by atoms with Gasteiger partial charge in [-0.05, 0) is 35.9 Å². The number of halogens is 3. The number of aromatic nitrogens is 3. The molecule has 0 aliphatic rings. The number of carbonyl (C=O) groups is 1. The molecule has 7 nitrogen and oxygen atoms in total. The van der Waals surface area contributed by atoms with Gasteiger partial charge in [-0.25, -0.2) is 4.68 Å². The van der Waals surface area contributed by atoms with Gasteiger partial charge in [-0.15, -0.1) is 13.2 Å². The zero-order valence-corrected chi connectivity index (χ0v) is 14.9. The molecule has 0 unspecified atom stereocenters. The lowest BCUT2D eigenvalue weighted by atomic mass is 10.2. The molecule has 0 fully saturated rings. The maximum Gasteiger partial charge on any atom is 0.573 e. The minimum absolute atomic E-state index is 0.0716. The Bertz CT molecular complexity index is 1040. The number of carbonyl (C=O) groups excluding carboxylic acids is 1. The van der Waals surface area contributed by atoms with Crippen LogP contribution in [0.5, 0.6) is 5.75 Å². The number of rotatable bonds is 6. The van der Waals surface area contributed by atoms with Crippen LogP contribution in [0.1, 0.15) is 5.56 Å². The quantitative estimate of drug-likeness (QED) is 0.682. The Morgan fingerprint density at radius 3 is 2.52 bits per heavy atom. The molecule has 2 heterocycles. The fourth-order valence-electron chi connectivity index (χ4n) is 2.43. The lowest BCUT2D eigenvalue weighted by Gasteiger charge is -2.10. The summed E-state index contributed by atoms with van der Waals surface area (Å²) in [7, 11) is 0. The summed E-state index contributed by atoms with van der Waals surface area (Å²) < 4.78 is 41.3. The standard InChI is InChI=1S/C19H15F3N4O3/c20-19(21,22)29-15-5-3-13(4-6-15)10-24-17(27)12-26-18(28)8-7-16(25-26)14-2-1-9-23-11-14/h1-9,11H,10,12H2,(H,24,27). The van der Waals surface area contributed by atoms with Crippen molar-refractivity contribution in [2.45, 2.75) is 19.5 Å². The van der Waals surface area contributed by atoms with Crippen molar-refractivity contribution in [1.82, 2.24) is 20.1 Å². The van der Waals surface area contributed by atoms with E-state index < -0.39 is 17.8 Å². The minimum Gasteiger partial charge on any atom is -0.406 e. The van der Waals surface area contributed by atoms with E-state index >= 15 is 0 Å². The van der Waals surface area contributed by atoms with Crippen LogP contribution >= 0.6 is 0 Å². The zero-order valence-electron chi connectivity index (χ0n) is 14.9. The maximum absolute atomic E-state index is 12.2. The first-order chi connectivity index (χ1) is 13.8. The molecule has 1 aromatic carbocycles. The van der Waals surface area contributed by atoms with Crippen molar-refractivity contribution in [3.8, 4) is 17.0 Å². The Hall–Kier alpha value is -3.69. The number of pyridine rings is 1. The Labute approximate surface area is 162 Å². The lowest BCUT2D eigenvalue weighted by molar-refractivity contribution is -0.274. The Balaban J connectivity index is 1.60. The van der Waals surface area contributed by atoms with Crippen LogP contribution in [0.4, 0.5) is 13.2 Å². The summed E-state index contributed by atoms with van der Waals surface area (Å²) in [5.74, 6) is -0.825. The normalized spacial score (nSPS) is 11.1. The molecule has 29 heavy (non-hydrogen) atoms. The number of benzene rings is 1. The third-order valence-electron chi connectivity index (χ3n) is 3.76. The largest absolute Gasteiger partial charge is 0.573 e. The van der Waals surface area contributed by atoms with Gasteiger partial charge in [0.15, 0.2) is 0 Å². The van der Waals surface area contributed by atoms with E-state index in [0.717, 1.165) is 16.8 Å². The van der Waals surface area contributed by atoms with Crippen molar-refractivity contribution < 1.29 is 22.7 Å². The second-order valence-corrected chi connectivity index (χ2v) is 5.92. The number of hydrogen-bond donors (Lipinski definition) is 1. The number of hydrogen-bond acceptors (Lipinski definition) is 5. The van der Waals surface area contributed by atoms with Crippen LogP contribution in [0.2, 0.25) is 0 Å². The molecular weight excluding hydrogens is 389 g/mol. The second-order valence-electron chi connectivity index (χ2n) is 5.92. The minimum atomic E-state index is -4.76. The summed E-state index contributed by atoms with van der Waals surface area (Å²) in [5, 5.41) is 6.75. The summed E-state index contributed by atoms with van der Waals surface area (Å²) in [6.07, 6.45) is -1.57. The lowest BCUT2D eigenvalue weighted by Crippen LogP contribution is -2.33. The summed E-state index contributed by atoms with van der Waals surface area (Å²) >= 11 is 0. The van der Waals surface area contributed by atoms with Crippen molar-refractivity contribution in [2.24, 2.45) is 0 Å². The van der Waals surface area contributed by atoms with Gasteiger partial charge in [-0.3, -0.25) is 14.6 Å². The highest BCUT2D eigenvalue weighted by Crippen LogP contribution is 2.22. The third-order valence-corrected chi connectivity index (χ3v) is 3.76. The molecule has 1 N–H and O–H groups in total. The molecule has 0 saturated carbocycles. The Kier molecular flexibility index (Phi) is 5.91. The molecule has 10 heteroatoms. The van der Waals surface area contributed by atoms with Gasteiger partial charge >= 0.3 is 6.36 Å². The van der Waals surface area contributed by atoms with E-state index in [1.807, 2.05) is 0 Å². The van der Waals surface area contributed by atoms with E-state index in [1.165, 1.54) is 18.2 Å². The van der Waals surface area contributed by atoms with Gasteiger partial charge in [0.1, 0.15) is 12.3 Å². The van der Waals surface area contributed by atoms with Crippen LogP contribution in [-0.4, -0.2) is 27.0 Å². The number of alkyl halides is 3. The predicted molar refractivity (Wildman–Crippen MR) is 96.7 cm³/mol. The topological polar surface area (TPSA) is 86.1 Å². The first-order valence-electron chi connectivity index (χ1n) is 8.40. The third kappa shape index (κ3) is 5.89. The second kappa shape index (κ2) is 8.55. The molecule has 1 amide bonds. The molecule has 0 aliphatic carbocycles. The average molecular weight is 404 g/mol. The molecule has 0 atom stereocenters. The van der Waals surface area contributed by atoms with Gasteiger partial charge in [-0.2, -0.15) is 5.10 Å². The van der Waals surface area contributed by atoms with Crippen molar-refractivity contribution in [3.63, 3.8) is 0 Å². The summed E-state index contributed by atoms with van der Waals surface area (Å²) in [4.78, 5) is 28.1. The molecule has 3 rings (SSSR count). The molecule has 0 saturated heterocycles. The van der Waals surface area contributed by atoms with E-state index in [2.05, 4.69) is 20.1 Å². The SMILES string of the molecule is O=C(Cn1nc(-c2cccnc2)ccc1=O)NCc1ccc(OC(F)(F)F)cc1. The van der Waals surface area contributed by atoms with Gasteiger partial charge in [-0.1, -0.05) is 12.1 Å². The number of nitrogens with one attached hydrogen (secondary N) is 1. The number of nitrogens with zero attached hydrogens (tertiary/aromatic N) is 3. The Morgan fingerprint density at radius 1 is 1.10 bits per heavy atom. The maximum atomic E-state index is 12.2. The first-order valence-corrected chi connectivity index (χ1v) is 8.40. The smallest absolute Gasteiger partial charge is 0.406 e. The highest BCUT2D eigenvalue weighted by molar-refractivity contribution is 5.75. The van der Waals surface area contributed by atoms with Crippen molar-refractivity contribution in [2.75, 3.05) is 0 Å². The highest BCUT2D eigenvalue weighted by Gasteiger charge is 2.30. The fraction of sp³-hybridized carbons (Fsp3) is 0.158. The Morgan fingerprint density at radius 2 is 1.86 bits per heavy atom. The molecule has 0 radical (unpaired) electrons. The zero-order chi connectivity index (χ0) is 20.9. The van der Waals surface area contributed by atoms with Crippen molar-refractivity contribution in [1.29, 1.82) is 0 Å². The fourth-order valence-corrected chi connectivity index (χ4v) is 2.43. The van der Waals surface area contributed by atoms with Gasteiger partial charge in [0.05, 0.1) is 5.69 Å². The molecule has 0 spiro atoms. The first kappa shape index (κ1) is 20.1. The van der Waals surface area contributed by atoms with Crippen LogP contribution in [0, 0.1) is 0 Å². The van der Waals surface area contributed by atoms with E-state index in [4.69, 9.17) is 0 Å². The van der Waals surface area contributed by atoms with Crippen LogP contribution in [0.25, 0.3) is 11.3 Å². The van der Waals surface area contributed by atoms with Crippen LogP contribution < -0.4 is 15.6 Å². The average Bonchev–Trinajstić information content (AvgIpc) is 2.69. The van der Waals surface area contributed by atoms with E-state index in [-0.39, 0.29) is 18.8 Å². The molecule has 3 aromatic rings. The van der Waals surface area contributed by atoms with Crippen molar-refractivity contribution >= 4 is 5.91 Å². The monoisotopic (exact) mass is 404 g/mol. The van der Waals surface area contributed by atoms with Gasteiger partial charge in [0.25, 0.3) is 5.56 Å². The number of ether oxygens (including phenoxy) is 1. The molecular formula is C19H15F3N4O3. The molecule has 150 valence electrons. The van der Waals surface area contributed by atoms with Crippen LogP contribution in [-0.2, 0) is 17.9 Å². The van der Waals surface area contributed by atoms with E-state index in [0.29, 0.717) is 16.8 Å². The molecule has 0 bridgehead atoms. The molecule has 0 aliphatic heterocycles. The van der Waals surface area contributed by atoms with Crippen LogP contribution in [0.3, 0.4) is 0 Å². The van der Waals surface area contributed by atoms with Gasteiger partial charge < -0.3 is 10.1 Å².